The quantitative estimate of drug-likeness (QED) is 0.208. The predicted molar refractivity (Wildman–Crippen MR) is 156 cm³/mol. The van der Waals surface area contributed by atoms with Crippen molar-refractivity contribution in [3.63, 3.8) is 0 Å². The highest BCUT2D eigenvalue weighted by atomic mass is 35.5. The summed E-state index contributed by atoms with van der Waals surface area (Å²) in [5.41, 5.74) is 2.89. The number of nitrogens with zero attached hydrogens (tertiary/aromatic N) is 1. The molecule has 1 aliphatic carbocycles. The summed E-state index contributed by atoms with van der Waals surface area (Å²) in [5.74, 6) is -0.929. The Hall–Kier alpha value is -4.30. The fourth-order valence-electron chi connectivity index (χ4n) is 5.62. The maximum Gasteiger partial charge on any atom is 0.408 e. The highest BCUT2D eigenvalue weighted by Gasteiger charge is 2.37. The van der Waals surface area contributed by atoms with Crippen molar-refractivity contribution >= 4 is 62.5 Å². The molecule has 0 saturated heterocycles. The second-order valence-corrected chi connectivity index (χ2v) is 11.5. The van der Waals surface area contributed by atoms with Crippen LogP contribution in [-0.2, 0) is 14.3 Å². The first-order valence-electron chi connectivity index (χ1n) is 13.3. The number of para-hydroxylation sites is 2. The number of carbonyl (C=O) groups is 3. The molecule has 2 atom stereocenters. The molecular formula is C31H29ClN4O4. The van der Waals surface area contributed by atoms with Crippen molar-refractivity contribution in [2.45, 2.75) is 51.3 Å². The molecule has 40 heavy (non-hydrogen) atoms. The molecule has 1 unspecified atom stereocenters. The molecular weight excluding hydrogens is 528 g/mol. The van der Waals surface area contributed by atoms with Crippen LogP contribution >= 0.6 is 11.6 Å². The summed E-state index contributed by atoms with van der Waals surface area (Å²) in [7, 11) is 0. The monoisotopic (exact) mass is 556 g/mol. The van der Waals surface area contributed by atoms with Crippen LogP contribution in [0.3, 0.4) is 0 Å². The smallest absolute Gasteiger partial charge is 0.408 e. The third kappa shape index (κ3) is 4.48. The van der Waals surface area contributed by atoms with Crippen molar-refractivity contribution in [2.24, 2.45) is 0 Å². The number of imide groups is 1. The van der Waals surface area contributed by atoms with E-state index < -0.39 is 23.5 Å². The SMILES string of the molecule is CC(C)(C)OC(=O)NC1C=C[C@H](n2c(Cl)c(C3=C(c4c[nH]c5ccccc45)C(=O)NC3=O)c3ccccc32)CC1. The molecule has 4 aromatic rings. The molecule has 3 heterocycles. The van der Waals surface area contributed by atoms with Gasteiger partial charge in [0, 0.05) is 33.6 Å². The lowest BCUT2D eigenvalue weighted by Gasteiger charge is -2.27. The maximum absolute atomic E-state index is 13.3. The van der Waals surface area contributed by atoms with Crippen LogP contribution in [0.1, 0.15) is 50.8 Å². The van der Waals surface area contributed by atoms with Gasteiger partial charge in [-0.2, -0.15) is 0 Å². The summed E-state index contributed by atoms with van der Waals surface area (Å²) in [6, 6.07) is 15.1. The van der Waals surface area contributed by atoms with Gasteiger partial charge in [0.25, 0.3) is 11.8 Å². The van der Waals surface area contributed by atoms with Gasteiger partial charge in [0.2, 0.25) is 0 Å². The van der Waals surface area contributed by atoms with E-state index in [4.69, 9.17) is 16.3 Å². The van der Waals surface area contributed by atoms with E-state index in [2.05, 4.69) is 15.6 Å². The first-order valence-corrected chi connectivity index (χ1v) is 13.6. The van der Waals surface area contributed by atoms with Crippen LogP contribution in [0.15, 0.2) is 66.9 Å². The van der Waals surface area contributed by atoms with E-state index in [1.165, 1.54) is 0 Å². The molecule has 0 saturated carbocycles. The lowest BCUT2D eigenvalue weighted by atomic mass is 9.95. The molecule has 3 N–H and O–H groups in total. The topological polar surface area (TPSA) is 105 Å². The fraction of sp³-hybridized carbons (Fsp3) is 0.258. The van der Waals surface area contributed by atoms with E-state index in [0.29, 0.717) is 34.7 Å². The summed E-state index contributed by atoms with van der Waals surface area (Å²) in [5, 5.41) is 7.41. The van der Waals surface area contributed by atoms with Gasteiger partial charge in [-0.15, -0.1) is 0 Å². The Labute approximate surface area is 236 Å². The minimum atomic E-state index is -0.576. The lowest BCUT2D eigenvalue weighted by molar-refractivity contribution is -0.122. The van der Waals surface area contributed by atoms with Gasteiger partial charge >= 0.3 is 6.09 Å². The van der Waals surface area contributed by atoms with Crippen molar-refractivity contribution in [2.75, 3.05) is 0 Å². The first kappa shape index (κ1) is 26.0. The summed E-state index contributed by atoms with van der Waals surface area (Å²) >= 11 is 7.12. The number of allylic oxidation sites excluding steroid dienone is 1. The molecule has 8 nitrogen and oxygen atoms in total. The van der Waals surface area contributed by atoms with Crippen LogP contribution in [0.5, 0.6) is 0 Å². The number of ether oxygens (including phenoxy) is 1. The number of benzene rings is 2. The van der Waals surface area contributed by atoms with Crippen molar-refractivity contribution in [3.05, 3.63) is 83.2 Å². The van der Waals surface area contributed by atoms with Gasteiger partial charge in [0.1, 0.15) is 10.8 Å². The number of aromatic nitrogens is 2. The van der Waals surface area contributed by atoms with Gasteiger partial charge in [0.15, 0.2) is 0 Å². The normalized spacial score (nSPS) is 19.5. The lowest BCUT2D eigenvalue weighted by Crippen LogP contribution is -2.39. The van der Waals surface area contributed by atoms with Crippen LogP contribution in [0.4, 0.5) is 4.79 Å². The molecule has 0 fully saturated rings. The summed E-state index contributed by atoms with van der Waals surface area (Å²) in [4.78, 5) is 41.9. The second-order valence-electron chi connectivity index (χ2n) is 11.1. The van der Waals surface area contributed by atoms with Gasteiger partial charge in [-0.3, -0.25) is 14.9 Å². The molecule has 0 radical (unpaired) electrons. The minimum absolute atomic E-state index is 0.111. The number of hydrogen-bond acceptors (Lipinski definition) is 4. The number of nitrogens with one attached hydrogen (secondary N) is 3. The van der Waals surface area contributed by atoms with Crippen molar-refractivity contribution in [1.82, 2.24) is 20.2 Å². The highest BCUT2D eigenvalue weighted by molar-refractivity contribution is 6.52. The highest BCUT2D eigenvalue weighted by Crippen LogP contribution is 2.44. The van der Waals surface area contributed by atoms with Gasteiger partial charge in [0.05, 0.1) is 28.7 Å². The van der Waals surface area contributed by atoms with E-state index in [9.17, 15) is 14.4 Å². The van der Waals surface area contributed by atoms with E-state index in [1.807, 2.05) is 86.0 Å². The molecule has 0 bridgehead atoms. The number of fused-ring (bicyclic) bond motifs is 2. The average Bonchev–Trinajstić information content (AvgIpc) is 3.53. The largest absolute Gasteiger partial charge is 0.444 e. The van der Waals surface area contributed by atoms with Gasteiger partial charge in [-0.1, -0.05) is 60.2 Å². The number of hydrogen-bond donors (Lipinski definition) is 3. The van der Waals surface area contributed by atoms with E-state index in [-0.39, 0.29) is 17.7 Å². The number of alkyl carbamates (subject to hydrolysis) is 1. The van der Waals surface area contributed by atoms with Crippen LogP contribution < -0.4 is 10.6 Å². The molecule has 2 aromatic heterocycles. The Morgan fingerprint density at radius 2 is 1.68 bits per heavy atom. The number of amides is 3. The molecule has 204 valence electrons. The van der Waals surface area contributed by atoms with Crippen LogP contribution in [0.25, 0.3) is 33.0 Å². The number of aromatic amines is 1. The molecule has 1 aliphatic heterocycles. The Morgan fingerprint density at radius 3 is 2.40 bits per heavy atom. The van der Waals surface area contributed by atoms with E-state index in [1.54, 1.807) is 6.20 Å². The Morgan fingerprint density at radius 1 is 0.975 bits per heavy atom. The average molecular weight is 557 g/mol. The first-order chi connectivity index (χ1) is 19.1. The van der Waals surface area contributed by atoms with Crippen molar-refractivity contribution in [1.29, 1.82) is 0 Å². The van der Waals surface area contributed by atoms with Crippen LogP contribution in [0, 0.1) is 0 Å². The van der Waals surface area contributed by atoms with Gasteiger partial charge in [-0.25, -0.2) is 4.79 Å². The standard InChI is InChI=1S/C31H29ClN4O4/c1-31(2,3)40-30(39)34-17-12-14-18(15-13-17)36-23-11-7-5-9-20(23)24(27(36)32)26-25(28(37)35-29(26)38)21-16-33-22-10-6-4-8-19(21)22/h4-12,14,16-18,33H,13,15H2,1-3H3,(H,34,39)(H,35,37,38)/t17?,18-/m0/s1. The summed E-state index contributed by atoms with van der Waals surface area (Å²) in [6.45, 7) is 5.48. The van der Waals surface area contributed by atoms with E-state index in [0.717, 1.165) is 21.8 Å². The minimum Gasteiger partial charge on any atom is -0.444 e. The molecule has 0 spiro atoms. The van der Waals surface area contributed by atoms with Crippen molar-refractivity contribution in [3.8, 4) is 0 Å². The molecule has 9 heteroatoms. The van der Waals surface area contributed by atoms with Crippen molar-refractivity contribution < 1.29 is 19.1 Å². The predicted octanol–water partition coefficient (Wildman–Crippen LogP) is 6.13. The van der Waals surface area contributed by atoms with Crippen LogP contribution in [0.2, 0.25) is 5.15 Å². The maximum atomic E-state index is 13.3. The van der Waals surface area contributed by atoms with Gasteiger partial charge in [-0.05, 0) is 45.7 Å². The molecule has 6 rings (SSSR count). The third-order valence-corrected chi connectivity index (χ3v) is 7.63. The number of rotatable bonds is 4. The zero-order valence-electron chi connectivity index (χ0n) is 22.4. The Bertz CT molecular complexity index is 1750. The third-order valence-electron chi connectivity index (χ3n) is 7.26. The van der Waals surface area contributed by atoms with Gasteiger partial charge < -0.3 is 19.6 Å². The molecule has 2 aromatic carbocycles. The Kier molecular flexibility index (Phi) is 6.30. The molecule has 3 amide bonds. The summed E-state index contributed by atoms with van der Waals surface area (Å²) < 4.78 is 7.39. The van der Waals surface area contributed by atoms with E-state index >= 15 is 0 Å². The summed E-state index contributed by atoms with van der Waals surface area (Å²) in [6.07, 6.45) is 6.65. The Balaban J connectivity index is 1.43. The van der Waals surface area contributed by atoms with Crippen LogP contribution in [-0.4, -0.2) is 39.1 Å². The molecule has 2 aliphatic rings. The zero-order valence-corrected chi connectivity index (χ0v) is 23.1. The zero-order chi connectivity index (χ0) is 28.2. The number of H-pyrrole nitrogens is 1. The fourth-order valence-corrected chi connectivity index (χ4v) is 6.04. The number of carbonyl (C=O) groups excluding carboxylic acids is 3. The second kappa shape index (κ2) is 9.71. The number of halogens is 1.